The van der Waals surface area contributed by atoms with E-state index in [-0.39, 0.29) is 12.0 Å². The van der Waals surface area contributed by atoms with Crippen molar-refractivity contribution < 1.29 is 8.42 Å². The minimum atomic E-state index is -3.54. The van der Waals surface area contributed by atoms with Crippen LogP contribution in [-0.2, 0) is 10.0 Å². The van der Waals surface area contributed by atoms with Gasteiger partial charge in [-0.3, -0.25) is 0 Å². The summed E-state index contributed by atoms with van der Waals surface area (Å²) in [5.41, 5.74) is 5.55. The second-order valence-corrected chi connectivity index (χ2v) is 8.02. The zero-order valence-electron chi connectivity index (χ0n) is 13.8. The first-order chi connectivity index (χ1) is 10.2. The van der Waals surface area contributed by atoms with E-state index in [1.807, 2.05) is 52.8 Å². The van der Waals surface area contributed by atoms with Gasteiger partial charge in [0.05, 0.1) is 4.90 Å². The van der Waals surface area contributed by atoms with Crippen LogP contribution < -0.4 is 4.72 Å². The first-order valence-electron chi connectivity index (χ1n) is 7.29. The molecule has 5 heteroatoms. The first-order valence-corrected chi connectivity index (χ1v) is 9.68. The molecule has 0 aliphatic carbocycles. The molecular weight excluding hydrogens is 362 g/mol. The van der Waals surface area contributed by atoms with Crippen LogP contribution in [0.1, 0.15) is 37.0 Å². The molecule has 0 spiro atoms. The summed E-state index contributed by atoms with van der Waals surface area (Å²) in [6.45, 7) is 9.67. The van der Waals surface area contributed by atoms with Gasteiger partial charge in [0.15, 0.2) is 0 Å². The predicted octanol–water partition coefficient (Wildman–Crippen LogP) is 4.37. The molecule has 0 radical (unpaired) electrons. The molecule has 0 bridgehead atoms. The largest absolute Gasteiger partial charge is 0.241 e. The molecule has 0 aliphatic heterocycles. The van der Waals surface area contributed by atoms with Gasteiger partial charge in [0.25, 0.3) is 0 Å². The molecule has 122 valence electrons. The van der Waals surface area contributed by atoms with E-state index in [0.717, 1.165) is 16.7 Å². The first kappa shape index (κ1) is 19.2. The smallest absolute Gasteiger partial charge is 0.207 e. The summed E-state index contributed by atoms with van der Waals surface area (Å²) in [5.74, 6) is 0.189. The summed E-state index contributed by atoms with van der Waals surface area (Å²) in [4.78, 5) is 2.02. The van der Waals surface area contributed by atoms with Crippen LogP contribution in [0.2, 0.25) is 0 Å². The lowest BCUT2D eigenvalue weighted by molar-refractivity contribution is 0.451. The van der Waals surface area contributed by atoms with Crippen molar-refractivity contribution in [3.8, 4) is 0 Å². The van der Waals surface area contributed by atoms with Crippen LogP contribution in [0, 0.1) is 26.7 Å². The third-order valence-electron chi connectivity index (χ3n) is 3.54. The van der Waals surface area contributed by atoms with Gasteiger partial charge in [-0.15, -0.1) is 5.73 Å². The number of hydrogen-bond donors (Lipinski definition) is 1. The molecule has 22 heavy (non-hydrogen) atoms. The van der Waals surface area contributed by atoms with Crippen LogP contribution in [0.4, 0.5) is 0 Å². The number of benzene rings is 1. The fourth-order valence-corrected chi connectivity index (χ4v) is 4.58. The fraction of sp³-hybridized carbons (Fsp3) is 0.471. The molecule has 0 amide bonds. The van der Waals surface area contributed by atoms with Crippen LogP contribution in [0.5, 0.6) is 0 Å². The van der Waals surface area contributed by atoms with Crippen LogP contribution in [0.25, 0.3) is 0 Å². The van der Waals surface area contributed by atoms with Crippen molar-refractivity contribution in [3.63, 3.8) is 0 Å². The Hall–Kier alpha value is -0.870. The number of halogens is 1. The van der Waals surface area contributed by atoms with Crippen molar-refractivity contribution in [2.45, 2.75) is 52.0 Å². The average molecular weight is 386 g/mol. The molecule has 1 N–H and O–H groups in total. The molecule has 1 rings (SSSR count). The number of aryl methyl sites for hydroxylation is 3. The van der Waals surface area contributed by atoms with E-state index in [1.165, 1.54) is 0 Å². The Morgan fingerprint density at radius 3 is 2.23 bits per heavy atom. The maximum Gasteiger partial charge on any atom is 0.241 e. The molecule has 0 aromatic heterocycles. The van der Waals surface area contributed by atoms with Crippen molar-refractivity contribution in [1.29, 1.82) is 0 Å². The third-order valence-corrected chi connectivity index (χ3v) is 5.60. The van der Waals surface area contributed by atoms with Gasteiger partial charge in [0.2, 0.25) is 10.0 Å². The van der Waals surface area contributed by atoms with Crippen LogP contribution >= 0.6 is 15.9 Å². The maximum absolute atomic E-state index is 12.8. The number of hydrogen-bond acceptors (Lipinski definition) is 2. The summed E-state index contributed by atoms with van der Waals surface area (Å²) in [5, 5.41) is 0. The molecule has 0 heterocycles. The molecular formula is C17H24BrNO2S. The van der Waals surface area contributed by atoms with Crippen LogP contribution in [0.3, 0.4) is 0 Å². The zero-order chi connectivity index (χ0) is 16.9. The van der Waals surface area contributed by atoms with E-state index in [1.54, 1.807) is 4.99 Å². The maximum atomic E-state index is 12.8. The van der Waals surface area contributed by atoms with Crippen molar-refractivity contribution in [3.05, 3.63) is 45.6 Å². The monoisotopic (exact) mass is 385 g/mol. The quantitative estimate of drug-likeness (QED) is 0.738. The average Bonchev–Trinajstić information content (AvgIpc) is 2.35. The molecule has 1 atom stereocenters. The molecule has 0 saturated carbocycles. The predicted molar refractivity (Wildman–Crippen MR) is 95.8 cm³/mol. The highest BCUT2D eigenvalue weighted by Gasteiger charge is 2.24. The Morgan fingerprint density at radius 2 is 1.77 bits per heavy atom. The molecule has 1 aromatic carbocycles. The minimum absolute atomic E-state index is 0.162. The molecule has 0 aliphatic rings. The van der Waals surface area contributed by atoms with Gasteiger partial charge in [0.1, 0.15) is 0 Å². The Labute approximate surface area is 142 Å². The molecule has 3 nitrogen and oxygen atoms in total. The van der Waals surface area contributed by atoms with E-state index in [9.17, 15) is 8.42 Å². The summed E-state index contributed by atoms with van der Waals surface area (Å²) >= 11 is 3.15. The Balaban J connectivity index is 3.16. The minimum Gasteiger partial charge on any atom is -0.207 e. The number of sulfonamides is 1. The van der Waals surface area contributed by atoms with Gasteiger partial charge in [-0.1, -0.05) is 47.5 Å². The van der Waals surface area contributed by atoms with E-state index >= 15 is 0 Å². The fourth-order valence-electron chi connectivity index (χ4n) is 2.54. The second-order valence-electron chi connectivity index (χ2n) is 5.92. The van der Waals surface area contributed by atoms with Gasteiger partial charge >= 0.3 is 0 Å². The van der Waals surface area contributed by atoms with Crippen molar-refractivity contribution in [2.24, 2.45) is 5.92 Å². The highest BCUT2D eigenvalue weighted by atomic mass is 79.9. The van der Waals surface area contributed by atoms with E-state index in [0.29, 0.717) is 11.3 Å². The van der Waals surface area contributed by atoms with E-state index in [4.69, 9.17) is 0 Å². The normalized spacial score (nSPS) is 12.9. The lowest BCUT2D eigenvalue weighted by Gasteiger charge is -2.22. The summed E-state index contributed by atoms with van der Waals surface area (Å²) in [6.07, 6.45) is 2.43. The van der Waals surface area contributed by atoms with Gasteiger partial charge in [0, 0.05) is 11.0 Å². The topological polar surface area (TPSA) is 46.2 Å². The van der Waals surface area contributed by atoms with E-state index in [2.05, 4.69) is 26.4 Å². The summed E-state index contributed by atoms with van der Waals surface area (Å²) in [6, 6.07) is 3.64. The third kappa shape index (κ3) is 5.10. The lowest BCUT2D eigenvalue weighted by Crippen LogP contribution is -2.38. The van der Waals surface area contributed by atoms with Crippen molar-refractivity contribution in [1.82, 2.24) is 4.72 Å². The summed E-state index contributed by atoms with van der Waals surface area (Å²) in [7, 11) is -3.54. The molecule has 0 unspecified atom stereocenters. The SMILES string of the molecule is Cc1cc(C)c(S(=O)(=O)N[C@H](CC=C=CBr)C(C)C)c(C)c1. The number of nitrogens with one attached hydrogen (secondary N) is 1. The molecule has 0 saturated heterocycles. The highest BCUT2D eigenvalue weighted by molar-refractivity contribution is 9.11. The van der Waals surface area contributed by atoms with Crippen molar-refractivity contribution >= 4 is 26.0 Å². The molecule has 0 fully saturated rings. The summed E-state index contributed by atoms with van der Waals surface area (Å²) < 4.78 is 28.4. The van der Waals surface area contributed by atoms with Crippen LogP contribution in [-0.4, -0.2) is 14.5 Å². The second kappa shape index (κ2) is 8.11. The van der Waals surface area contributed by atoms with Gasteiger partial charge in [-0.05, 0) is 50.3 Å². The Morgan fingerprint density at radius 1 is 1.23 bits per heavy atom. The Kier molecular flexibility index (Phi) is 7.07. The van der Waals surface area contributed by atoms with E-state index < -0.39 is 10.0 Å². The van der Waals surface area contributed by atoms with Gasteiger partial charge < -0.3 is 0 Å². The zero-order valence-corrected chi connectivity index (χ0v) is 16.2. The van der Waals surface area contributed by atoms with Crippen molar-refractivity contribution in [2.75, 3.05) is 0 Å². The van der Waals surface area contributed by atoms with Crippen LogP contribution in [0.15, 0.2) is 33.8 Å². The highest BCUT2D eigenvalue weighted by Crippen LogP contribution is 2.23. The lowest BCUT2D eigenvalue weighted by atomic mass is 10.0. The van der Waals surface area contributed by atoms with Gasteiger partial charge in [-0.2, -0.15) is 0 Å². The Bertz CT molecular complexity index is 664. The van der Waals surface area contributed by atoms with Gasteiger partial charge in [-0.25, -0.2) is 13.1 Å². The standard InChI is InChI=1S/C17H24BrNO2S/c1-12(2)16(8-6-7-9-18)19-22(20,21)17-14(4)10-13(3)11-15(17)5/h6,9-12,16,19H,8H2,1-5H3/t7?,16-/m1/s1. The molecule has 1 aromatic rings. The number of rotatable bonds is 6.